The third-order valence-electron chi connectivity index (χ3n) is 4.34. The Labute approximate surface area is 130 Å². The monoisotopic (exact) mass is 308 g/mol. The minimum atomic E-state index is -0.833. The summed E-state index contributed by atoms with van der Waals surface area (Å²) in [6.07, 6.45) is 8.68. The van der Waals surface area contributed by atoms with Crippen LogP contribution in [0, 0.1) is 12.8 Å². The molecule has 6 heteroatoms. The van der Waals surface area contributed by atoms with Gasteiger partial charge in [0.05, 0.1) is 0 Å². The van der Waals surface area contributed by atoms with E-state index in [4.69, 9.17) is 9.52 Å². The van der Waals surface area contributed by atoms with Gasteiger partial charge in [0.1, 0.15) is 5.76 Å². The average Bonchev–Trinajstić information content (AvgIpc) is 2.92. The Morgan fingerprint density at radius 2 is 2.14 bits per heavy atom. The van der Waals surface area contributed by atoms with Crippen LogP contribution in [0.15, 0.2) is 10.8 Å². The highest BCUT2D eigenvalue weighted by molar-refractivity contribution is 5.93. The van der Waals surface area contributed by atoms with Gasteiger partial charge in [0.25, 0.3) is 5.91 Å². The number of carboxylic acids is 1. The van der Waals surface area contributed by atoms with Gasteiger partial charge < -0.3 is 14.8 Å². The van der Waals surface area contributed by atoms with Gasteiger partial charge >= 0.3 is 5.97 Å². The second-order valence-corrected chi connectivity index (χ2v) is 6.10. The first-order chi connectivity index (χ1) is 10.6. The van der Waals surface area contributed by atoms with E-state index in [1.165, 1.54) is 38.5 Å². The number of carbonyl (C=O) groups is 2. The van der Waals surface area contributed by atoms with Crippen molar-refractivity contribution >= 4 is 11.9 Å². The minimum Gasteiger partial charge on any atom is -0.481 e. The van der Waals surface area contributed by atoms with E-state index < -0.39 is 5.97 Å². The van der Waals surface area contributed by atoms with Crippen LogP contribution in [-0.4, -0.2) is 28.0 Å². The van der Waals surface area contributed by atoms with Crippen LogP contribution < -0.4 is 5.32 Å². The second-order valence-electron chi connectivity index (χ2n) is 6.10. The summed E-state index contributed by atoms with van der Waals surface area (Å²) in [4.78, 5) is 27.0. The number of nitrogens with zero attached hydrogens (tertiary/aromatic N) is 1. The molecule has 0 aromatic carbocycles. The lowest BCUT2D eigenvalue weighted by Crippen LogP contribution is -2.37. The molecule has 0 aliphatic heterocycles. The quantitative estimate of drug-likeness (QED) is 0.808. The van der Waals surface area contributed by atoms with E-state index >= 15 is 0 Å². The van der Waals surface area contributed by atoms with Crippen LogP contribution in [-0.2, 0) is 4.79 Å². The molecular weight excluding hydrogens is 284 g/mol. The minimum absolute atomic E-state index is 0.0649. The van der Waals surface area contributed by atoms with E-state index in [-0.39, 0.29) is 24.1 Å². The zero-order chi connectivity index (χ0) is 15.9. The summed E-state index contributed by atoms with van der Waals surface area (Å²) in [5.41, 5.74) is 0.281. The summed E-state index contributed by atoms with van der Waals surface area (Å²) in [6, 6.07) is -0.122. The molecular formula is C16H24N2O4. The second kappa shape index (κ2) is 7.96. The Kier molecular flexibility index (Phi) is 5.98. The summed E-state index contributed by atoms with van der Waals surface area (Å²) in [5.74, 6) is -0.0589. The van der Waals surface area contributed by atoms with Crippen LogP contribution in [0.2, 0.25) is 0 Å². The molecule has 1 amide bonds. The van der Waals surface area contributed by atoms with Crippen LogP contribution in [0.3, 0.4) is 0 Å². The van der Waals surface area contributed by atoms with Crippen molar-refractivity contribution in [2.75, 3.05) is 0 Å². The number of carboxylic acid groups (broad SMARTS) is 1. The number of hydrogen-bond acceptors (Lipinski definition) is 4. The average molecular weight is 308 g/mol. The molecule has 1 aliphatic rings. The number of nitrogens with one attached hydrogen (secondary N) is 1. The number of carbonyl (C=O) groups excluding carboxylic acids is 1. The molecule has 1 aliphatic carbocycles. The Balaban J connectivity index is 1.95. The molecule has 0 bridgehead atoms. The number of aromatic nitrogens is 1. The molecule has 1 unspecified atom stereocenters. The molecule has 122 valence electrons. The first-order valence-corrected chi connectivity index (χ1v) is 7.99. The molecule has 0 radical (unpaired) electrons. The number of hydrogen-bond donors (Lipinski definition) is 2. The highest BCUT2D eigenvalue weighted by atomic mass is 16.4. The van der Waals surface area contributed by atoms with Crippen molar-refractivity contribution in [3.05, 3.63) is 17.8 Å². The van der Waals surface area contributed by atoms with E-state index in [0.717, 1.165) is 6.42 Å². The SMILES string of the molecule is Cc1ocnc1C(=O)NC(CCC(=O)O)CC1CCCCC1. The van der Waals surface area contributed by atoms with Gasteiger partial charge in [0, 0.05) is 12.5 Å². The van der Waals surface area contributed by atoms with Gasteiger partial charge in [0.15, 0.2) is 12.1 Å². The van der Waals surface area contributed by atoms with E-state index in [2.05, 4.69) is 10.3 Å². The smallest absolute Gasteiger partial charge is 0.303 e. The zero-order valence-corrected chi connectivity index (χ0v) is 13.0. The molecule has 0 spiro atoms. The largest absolute Gasteiger partial charge is 0.481 e. The van der Waals surface area contributed by atoms with Crippen molar-refractivity contribution in [1.29, 1.82) is 0 Å². The van der Waals surface area contributed by atoms with Crippen molar-refractivity contribution in [2.45, 2.75) is 64.3 Å². The molecule has 1 aromatic heterocycles. The molecule has 2 N–H and O–H groups in total. The maximum Gasteiger partial charge on any atom is 0.303 e. The molecule has 1 atom stereocenters. The number of oxazole rings is 1. The molecule has 1 saturated carbocycles. The van der Waals surface area contributed by atoms with Gasteiger partial charge in [-0.1, -0.05) is 32.1 Å². The topological polar surface area (TPSA) is 92.4 Å². The first kappa shape index (κ1) is 16.5. The van der Waals surface area contributed by atoms with Crippen molar-refractivity contribution in [3.8, 4) is 0 Å². The fourth-order valence-electron chi connectivity index (χ4n) is 3.15. The van der Waals surface area contributed by atoms with Crippen molar-refractivity contribution in [2.24, 2.45) is 5.92 Å². The standard InChI is InChI=1S/C16H24N2O4/c1-11-15(17-10-22-11)16(21)18-13(7-8-14(19)20)9-12-5-3-2-4-6-12/h10,12-13H,2-9H2,1H3,(H,18,21)(H,19,20). The Bertz CT molecular complexity index is 506. The molecule has 22 heavy (non-hydrogen) atoms. The Morgan fingerprint density at radius 1 is 1.41 bits per heavy atom. The van der Waals surface area contributed by atoms with Crippen LogP contribution in [0.25, 0.3) is 0 Å². The predicted molar refractivity (Wildman–Crippen MR) is 80.6 cm³/mol. The lowest BCUT2D eigenvalue weighted by Gasteiger charge is -2.26. The van der Waals surface area contributed by atoms with E-state index in [1.54, 1.807) is 6.92 Å². The van der Waals surface area contributed by atoms with Gasteiger partial charge in [-0.3, -0.25) is 9.59 Å². The van der Waals surface area contributed by atoms with Crippen LogP contribution >= 0.6 is 0 Å². The highest BCUT2D eigenvalue weighted by Crippen LogP contribution is 2.28. The van der Waals surface area contributed by atoms with E-state index in [1.807, 2.05) is 0 Å². The van der Waals surface area contributed by atoms with E-state index in [9.17, 15) is 9.59 Å². The summed E-state index contributed by atoms with van der Waals surface area (Å²) in [6.45, 7) is 1.69. The van der Waals surface area contributed by atoms with Gasteiger partial charge in [-0.25, -0.2) is 4.98 Å². The zero-order valence-electron chi connectivity index (χ0n) is 13.0. The normalized spacial score (nSPS) is 17.1. The fraction of sp³-hybridized carbons (Fsp3) is 0.688. The molecule has 0 saturated heterocycles. The van der Waals surface area contributed by atoms with E-state index in [0.29, 0.717) is 18.1 Å². The summed E-state index contributed by atoms with van der Waals surface area (Å²) in [5, 5.41) is 11.8. The van der Waals surface area contributed by atoms with Crippen LogP contribution in [0.1, 0.15) is 67.6 Å². The van der Waals surface area contributed by atoms with Crippen LogP contribution in [0.5, 0.6) is 0 Å². The Morgan fingerprint density at radius 3 is 2.73 bits per heavy atom. The molecule has 1 heterocycles. The Hall–Kier alpha value is -1.85. The van der Waals surface area contributed by atoms with Gasteiger partial charge in [-0.15, -0.1) is 0 Å². The summed E-state index contributed by atoms with van der Waals surface area (Å²) in [7, 11) is 0. The number of aliphatic carboxylic acids is 1. The molecule has 1 aromatic rings. The number of aryl methyl sites for hydroxylation is 1. The highest BCUT2D eigenvalue weighted by Gasteiger charge is 2.23. The fourth-order valence-corrected chi connectivity index (χ4v) is 3.15. The van der Waals surface area contributed by atoms with Crippen molar-refractivity contribution in [3.63, 3.8) is 0 Å². The third-order valence-corrected chi connectivity index (χ3v) is 4.34. The molecule has 6 nitrogen and oxygen atoms in total. The lowest BCUT2D eigenvalue weighted by atomic mass is 9.84. The predicted octanol–water partition coefficient (Wildman–Crippen LogP) is 2.92. The summed E-state index contributed by atoms with van der Waals surface area (Å²) < 4.78 is 5.05. The number of rotatable bonds is 7. The van der Waals surface area contributed by atoms with Gasteiger partial charge in [-0.05, 0) is 25.7 Å². The molecule has 2 rings (SSSR count). The lowest BCUT2D eigenvalue weighted by molar-refractivity contribution is -0.137. The third kappa shape index (κ3) is 4.86. The van der Waals surface area contributed by atoms with Gasteiger partial charge in [-0.2, -0.15) is 0 Å². The molecule has 1 fully saturated rings. The van der Waals surface area contributed by atoms with Gasteiger partial charge in [0.2, 0.25) is 0 Å². The van der Waals surface area contributed by atoms with Crippen molar-refractivity contribution in [1.82, 2.24) is 10.3 Å². The van der Waals surface area contributed by atoms with Crippen molar-refractivity contribution < 1.29 is 19.1 Å². The van der Waals surface area contributed by atoms with Crippen LogP contribution in [0.4, 0.5) is 0 Å². The summed E-state index contributed by atoms with van der Waals surface area (Å²) >= 11 is 0. The number of amides is 1. The maximum absolute atomic E-state index is 12.2. The first-order valence-electron chi connectivity index (χ1n) is 7.99. The maximum atomic E-state index is 12.2.